The van der Waals surface area contributed by atoms with Crippen LogP contribution in [-0.4, -0.2) is 22.8 Å². The van der Waals surface area contributed by atoms with E-state index in [4.69, 9.17) is 0 Å². The average molecular weight is 356 g/mol. The van der Waals surface area contributed by atoms with Crippen molar-refractivity contribution < 1.29 is 19.8 Å². The maximum absolute atomic E-state index is 11.5. The van der Waals surface area contributed by atoms with Gasteiger partial charge in [-0.25, -0.2) is 0 Å². The Morgan fingerprint density at radius 3 is 2.04 bits per heavy atom. The van der Waals surface area contributed by atoms with E-state index in [2.05, 4.69) is 0 Å². The minimum atomic E-state index is -0.216. The number of aldehydes is 2. The van der Waals surface area contributed by atoms with Crippen molar-refractivity contribution in [2.45, 2.75) is 6.92 Å². The number of rotatable bonds is 3. The van der Waals surface area contributed by atoms with Gasteiger partial charge in [-0.3, -0.25) is 9.59 Å². The first kappa shape index (κ1) is 16.8. The molecule has 4 aromatic rings. The average Bonchev–Trinajstić information content (AvgIpc) is 2.68. The summed E-state index contributed by atoms with van der Waals surface area (Å²) in [6, 6.07) is 16.2. The van der Waals surface area contributed by atoms with Crippen LogP contribution in [0.4, 0.5) is 0 Å². The largest absolute Gasteiger partial charge is 0.507 e. The van der Waals surface area contributed by atoms with Gasteiger partial charge in [0.1, 0.15) is 11.5 Å². The molecule has 0 saturated heterocycles. The summed E-state index contributed by atoms with van der Waals surface area (Å²) in [6.07, 6.45) is 1.17. The van der Waals surface area contributed by atoms with Crippen molar-refractivity contribution in [3.8, 4) is 22.6 Å². The van der Waals surface area contributed by atoms with Gasteiger partial charge in [-0.05, 0) is 46.2 Å². The van der Waals surface area contributed by atoms with Crippen LogP contribution in [0, 0.1) is 6.92 Å². The van der Waals surface area contributed by atoms with Gasteiger partial charge in [-0.1, -0.05) is 42.5 Å². The molecule has 0 bridgehead atoms. The maximum Gasteiger partial charge on any atom is 0.153 e. The Hall–Kier alpha value is -3.66. The van der Waals surface area contributed by atoms with Gasteiger partial charge < -0.3 is 10.2 Å². The van der Waals surface area contributed by atoms with E-state index in [0.29, 0.717) is 29.1 Å². The summed E-state index contributed by atoms with van der Waals surface area (Å²) in [6.45, 7) is 1.90. The molecular formula is C23H16O4. The van der Waals surface area contributed by atoms with Crippen molar-refractivity contribution in [2.24, 2.45) is 0 Å². The van der Waals surface area contributed by atoms with Crippen LogP contribution >= 0.6 is 0 Å². The molecule has 0 heterocycles. The van der Waals surface area contributed by atoms with E-state index < -0.39 is 0 Å². The lowest BCUT2D eigenvalue weighted by Gasteiger charge is -2.17. The van der Waals surface area contributed by atoms with Gasteiger partial charge in [-0.15, -0.1) is 0 Å². The third-order valence-corrected chi connectivity index (χ3v) is 4.93. The van der Waals surface area contributed by atoms with E-state index in [1.54, 1.807) is 12.1 Å². The second-order valence-electron chi connectivity index (χ2n) is 6.51. The molecule has 0 aliphatic carbocycles. The predicted molar refractivity (Wildman–Crippen MR) is 106 cm³/mol. The Bertz CT molecular complexity index is 1240. The fourth-order valence-electron chi connectivity index (χ4n) is 3.69. The van der Waals surface area contributed by atoms with Crippen molar-refractivity contribution in [3.05, 3.63) is 71.3 Å². The molecule has 0 radical (unpaired) electrons. The molecule has 0 fully saturated rings. The Kier molecular flexibility index (Phi) is 3.89. The highest BCUT2D eigenvalue weighted by molar-refractivity contribution is 6.14. The van der Waals surface area contributed by atoms with E-state index in [-0.39, 0.29) is 22.6 Å². The van der Waals surface area contributed by atoms with E-state index in [1.165, 1.54) is 0 Å². The van der Waals surface area contributed by atoms with Crippen molar-refractivity contribution >= 4 is 34.1 Å². The molecule has 2 N–H and O–H groups in total. The number of phenols is 2. The van der Waals surface area contributed by atoms with E-state index >= 15 is 0 Å². The zero-order valence-electron chi connectivity index (χ0n) is 14.6. The van der Waals surface area contributed by atoms with Crippen LogP contribution in [0.15, 0.2) is 54.6 Å². The third kappa shape index (κ3) is 2.46. The van der Waals surface area contributed by atoms with Crippen LogP contribution in [0.5, 0.6) is 11.5 Å². The van der Waals surface area contributed by atoms with Gasteiger partial charge in [0.2, 0.25) is 0 Å². The highest BCUT2D eigenvalue weighted by Gasteiger charge is 2.22. The summed E-state index contributed by atoms with van der Waals surface area (Å²) in [5, 5.41) is 24.7. The number of hydrogen-bond acceptors (Lipinski definition) is 4. The molecule has 0 aromatic heterocycles. The molecule has 27 heavy (non-hydrogen) atoms. The molecule has 0 aliphatic heterocycles. The number of aryl methyl sites for hydroxylation is 1. The Balaban J connectivity index is 2.31. The van der Waals surface area contributed by atoms with Gasteiger partial charge in [0.15, 0.2) is 12.6 Å². The predicted octanol–water partition coefficient (Wildman–Crippen LogP) is 5.00. The third-order valence-electron chi connectivity index (χ3n) is 4.93. The number of benzene rings is 4. The highest BCUT2D eigenvalue weighted by Crippen LogP contribution is 2.47. The Labute approximate surface area is 155 Å². The van der Waals surface area contributed by atoms with Crippen molar-refractivity contribution in [1.82, 2.24) is 0 Å². The van der Waals surface area contributed by atoms with Gasteiger partial charge in [-0.2, -0.15) is 0 Å². The first-order valence-electron chi connectivity index (χ1n) is 8.47. The molecular weight excluding hydrogens is 340 g/mol. The molecule has 4 nitrogen and oxygen atoms in total. The molecule has 0 saturated carbocycles. The zero-order chi connectivity index (χ0) is 19.1. The van der Waals surface area contributed by atoms with Crippen LogP contribution < -0.4 is 0 Å². The Morgan fingerprint density at radius 1 is 0.741 bits per heavy atom. The molecule has 0 aliphatic rings. The molecule has 0 amide bonds. The first-order valence-corrected chi connectivity index (χ1v) is 8.47. The number of phenolic OH excluding ortho intramolecular Hbond substituents is 2. The van der Waals surface area contributed by atoms with E-state index in [9.17, 15) is 19.8 Å². The van der Waals surface area contributed by atoms with Crippen LogP contribution in [0.2, 0.25) is 0 Å². The van der Waals surface area contributed by atoms with Crippen LogP contribution in [0.3, 0.4) is 0 Å². The lowest BCUT2D eigenvalue weighted by Crippen LogP contribution is -1.95. The fourth-order valence-corrected chi connectivity index (χ4v) is 3.69. The monoisotopic (exact) mass is 356 g/mol. The van der Waals surface area contributed by atoms with Gasteiger partial charge in [0, 0.05) is 11.1 Å². The fraction of sp³-hybridized carbons (Fsp3) is 0.0435. The number of aromatic hydroxyl groups is 2. The van der Waals surface area contributed by atoms with E-state index in [1.807, 2.05) is 49.4 Å². The van der Waals surface area contributed by atoms with Gasteiger partial charge in [0.05, 0.1) is 11.1 Å². The standard InChI is InChI=1S/C23H16O4/c1-13-5-4-7-15-10-17(12-25)23(27)21(19(13)15)20-18-8-3-2-6-14(18)9-16(11-24)22(20)26/h2-12,26-27H,1H3. The normalized spacial score (nSPS) is 11.0. The summed E-state index contributed by atoms with van der Waals surface area (Å²) in [4.78, 5) is 23.0. The highest BCUT2D eigenvalue weighted by atomic mass is 16.3. The Morgan fingerprint density at radius 2 is 1.33 bits per heavy atom. The van der Waals surface area contributed by atoms with Crippen molar-refractivity contribution in [1.29, 1.82) is 0 Å². The zero-order valence-corrected chi connectivity index (χ0v) is 14.6. The lowest BCUT2D eigenvalue weighted by molar-refractivity contribution is 0.111. The number of fused-ring (bicyclic) bond motifs is 2. The minimum Gasteiger partial charge on any atom is -0.507 e. The second-order valence-corrected chi connectivity index (χ2v) is 6.51. The molecule has 0 unspecified atom stereocenters. The molecule has 4 aromatic carbocycles. The van der Waals surface area contributed by atoms with Crippen molar-refractivity contribution in [2.75, 3.05) is 0 Å². The van der Waals surface area contributed by atoms with Gasteiger partial charge >= 0.3 is 0 Å². The molecule has 4 rings (SSSR count). The summed E-state index contributed by atoms with van der Waals surface area (Å²) in [7, 11) is 0. The van der Waals surface area contributed by atoms with Crippen LogP contribution in [0.1, 0.15) is 26.3 Å². The topological polar surface area (TPSA) is 74.6 Å². The molecule has 0 atom stereocenters. The molecule has 0 spiro atoms. The number of carbonyl (C=O) groups excluding carboxylic acids is 2. The van der Waals surface area contributed by atoms with Crippen LogP contribution in [0.25, 0.3) is 32.7 Å². The molecule has 4 heteroatoms. The SMILES string of the molecule is Cc1cccc2cc(C=O)c(O)c(-c3c(O)c(C=O)cc4ccccc34)c12. The summed E-state index contributed by atoms with van der Waals surface area (Å²) < 4.78 is 0. The minimum absolute atomic E-state index is 0.126. The quantitative estimate of drug-likeness (QED) is 0.506. The summed E-state index contributed by atoms with van der Waals surface area (Å²) >= 11 is 0. The van der Waals surface area contributed by atoms with Crippen LogP contribution in [-0.2, 0) is 0 Å². The van der Waals surface area contributed by atoms with Gasteiger partial charge in [0.25, 0.3) is 0 Å². The molecule has 132 valence electrons. The first-order chi connectivity index (χ1) is 13.1. The smallest absolute Gasteiger partial charge is 0.153 e. The number of carbonyl (C=O) groups is 2. The maximum atomic E-state index is 11.5. The summed E-state index contributed by atoms with van der Waals surface area (Å²) in [5.41, 5.74) is 1.83. The second kappa shape index (κ2) is 6.25. The van der Waals surface area contributed by atoms with Crippen molar-refractivity contribution in [3.63, 3.8) is 0 Å². The lowest BCUT2D eigenvalue weighted by atomic mass is 9.87. The number of hydrogen-bond donors (Lipinski definition) is 2. The summed E-state index contributed by atoms with van der Waals surface area (Å²) in [5.74, 6) is -0.429. The van der Waals surface area contributed by atoms with E-state index in [0.717, 1.165) is 21.7 Å².